The lowest BCUT2D eigenvalue weighted by atomic mass is 10.1. The van der Waals surface area contributed by atoms with E-state index in [-0.39, 0.29) is 5.91 Å². The van der Waals surface area contributed by atoms with Gasteiger partial charge in [-0.15, -0.1) is 0 Å². The second-order valence-electron chi connectivity index (χ2n) is 3.58. The molecule has 1 amide bonds. The smallest absolute Gasteiger partial charge is 0.251 e. The average molecular weight is 236 g/mol. The minimum atomic E-state index is -0.133. The van der Waals surface area contributed by atoms with Gasteiger partial charge in [0.05, 0.1) is 0 Å². The van der Waals surface area contributed by atoms with Crippen molar-refractivity contribution in [2.24, 2.45) is 0 Å². The molecule has 0 aliphatic heterocycles. The van der Waals surface area contributed by atoms with Crippen molar-refractivity contribution in [3.63, 3.8) is 0 Å². The number of nitrogens with one attached hydrogen (secondary N) is 2. The first-order chi connectivity index (χ1) is 8.15. The van der Waals surface area contributed by atoms with Crippen molar-refractivity contribution in [3.8, 4) is 0 Å². The lowest BCUT2D eigenvalue weighted by Gasteiger charge is -2.02. The molecule has 0 bridgehead atoms. The number of hydrogen-bond donors (Lipinski definition) is 2. The number of aryl methyl sites for hydroxylation is 1. The Morgan fingerprint density at radius 1 is 1.24 bits per heavy atom. The monoisotopic (exact) mass is 236 g/mol. The molecule has 0 aliphatic carbocycles. The first kappa shape index (κ1) is 15.3. The molecular formula is C13H20N2O2. The van der Waals surface area contributed by atoms with Crippen LogP contribution in [0.1, 0.15) is 22.3 Å². The quantitative estimate of drug-likeness (QED) is 0.609. The molecule has 0 saturated carbocycles. The first-order valence-electron chi connectivity index (χ1n) is 5.52. The van der Waals surface area contributed by atoms with E-state index < -0.39 is 0 Å². The molecule has 0 saturated heterocycles. The van der Waals surface area contributed by atoms with Crippen molar-refractivity contribution in [3.05, 3.63) is 35.4 Å². The van der Waals surface area contributed by atoms with Crippen LogP contribution in [0.4, 0.5) is 0 Å². The van der Waals surface area contributed by atoms with Gasteiger partial charge in [-0.2, -0.15) is 0 Å². The molecule has 0 spiro atoms. The molecule has 1 aromatic carbocycles. The molecule has 17 heavy (non-hydrogen) atoms. The Morgan fingerprint density at radius 3 is 2.24 bits per heavy atom. The van der Waals surface area contributed by atoms with E-state index in [0.717, 1.165) is 11.8 Å². The lowest BCUT2D eigenvalue weighted by Crippen LogP contribution is -2.24. The molecule has 1 aromatic rings. The average Bonchev–Trinajstić information content (AvgIpc) is 2.31. The second-order valence-corrected chi connectivity index (χ2v) is 3.58. The van der Waals surface area contributed by atoms with Crippen molar-refractivity contribution in [2.45, 2.75) is 13.3 Å². The predicted molar refractivity (Wildman–Crippen MR) is 69.2 cm³/mol. The van der Waals surface area contributed by atoms with Crippen molar-refractivity contribution in [2.75, 3.05) is 20.6 Å². The number of aldehydes is 1. The molecule has 0 unspecified atom stereocenters. The van der Waals surface area contributed by atoms with Gasteiger partial charge in [0.1, 0.15) is 6.29 Å². The highest BCUT2D eigenvalue weighted by molar-refractivity contribution is 5.94. The van der Waals surface area contributed by atoms with Gasteiger partial charge in [-0.25, -0.2) is 0 Å². The zero-order valence-corrected chi connectivity index (χ0v) is 10.6. The van der Waals surface area contributed by atoms with Crippen LogP contribution in [-0.4, -0.2) is 32.8 Å². The number of amides is 1. The Hall–Kier alpha value is -1.68. The summed E-state index contributed by atoms with van der Waals surface area (Å²) in [5.74, 6) is -0.133. The molecule has 1 rings (SSSR count). The van der Waals surface area contributed by atoms with Gasteiger partial charge in [-0.05, 0) is 33.2 Å². The van der Waals surface area contributed by atoms with E-state index in [1.807, 2.05) is 33.2 Å². The standard InChI is InChI=1S/C11H13NO2.C2H7N/c1-9-3-5-10(6-4-9)11(14)12-7-2-8-13;1-3-2/h3-6,8H,2,7H2,1H3,(H,12,14);3H,1-2H3. The summed E-state index contributed by atoms with van der Waals surface area (Å²) >= 11 is 0. The maximum absolute atomic E-state index is 11.4. The summed E-state index contributed by atoms with van der Waals surface area (Å²) < 4.78 is 0. The normalized spacial score (nSPS) is 8.88. The summed E-state index contributed by atoms with van der Waals surface area (Å²) in [5.41, 5.74) is 1.75. The van der Waals surface area contributed by atoms with E-state index in [9.17, 15) is 9.59 Å². The molecular weight excluding hydrogens is 216 g/mol. The number of carbonyl (C=O) groups excluding carboxylic acids is 2. The fraction of sp³-hybridized carbons (Fsp3) is 0.385. The van der Waals surface area contributed by atoms with E-state index in [2.05, 4.69) is 10.6 Å². The Balaban J connectivity index is 0.000000770. The molecule has 0 heterocycles. The van der Waals surface area contributed by atoms with E-state index in [1.165, 1.54) is 0 Å². The van der Waals surface area contributed by atoms with E-state index >= 15 is 0 Å². The van der Waals surface area contributed by atoms with Crippen LogP contribution in [0, 0.1) is 6.92 Å². The topological polar surface area (TPSA) is 58.2 Å². The van der Waals surface area contributed by atoms with Crippen molar-refractivity contribution >= 4 is 12.2 Å². The number of carbonyl (C=O) groups is 2. The van der Waals surface area contributed by atoms with Crippen LogP contribution >= 0.6 is 0 Å². The van der Waals surface area contributed by atoms with Crippen LogP contribution < -0.4 is 10.6 Å². The number of rotatable bonds is 4. The fourth-order valence-corrected chi connectivity index (χ4v) is 1.05. The lowest BCUT2D eigenvalue weighted by molar-refractivity contribution is -0.107. The Bertz CT molecular complexity index is 334. The molecule has 94 valence electrons. The number of benzene rings is 1. The fourth-order valence-electron chi connectivity index (χ4n) is 1.05. The highest BCUT2D eigenvalue weighted by Gasteiger charge is 2.02. The highest BCUT2D eigenvalue weighted by atomic mass is 16.1. The number of hydrogen-bond acceptors (Lipinski definition) is 3. The zero-order valence-electron chi connectivity index (χ0n) is 10.6. The van der Waals surface area contributed by atoms with Gasteiger partial charge < -0.3 is 15.4 Å². The molecule has 0 fully saturated rings. The van der Waals surface area contributed by atoms with Gasteiger partial charge >= 0.3 is 0 Å². The Labute approximate surface area is 102 Å². The van der Waals surface area contributed by atoms with Crippen molar-refractivity contribution < 1.29 is 9.59 Å². The first-order valence-corrected chi connectivity index (χ1v) is 5.52. The van der Waals surface area contributed by atoms with Crippen LogP contribution in [-0.2, 0) is 4.79 Å². The maximum Gasteiger partial charge on any atom is 0.251 e. The molecule has 0 atom stereocenters. The van der Waals surface area contributed by atoms with E-state index in [4.69, 9.17) is 0 Å². The maximum atomic E-state index is 11.4. The SMILES string of the molecule is CNC.Cc1ccc(C(=O)NCCC=O)cc1. The summed E-state index contributed by atoms with van der Waals surface area (Å²) in [4.78, 5) is 21.4. The van der Waals surface area contributed by atoms with Gasteiger partial charge in [-0.3, -0.25) is 4.79 Å². The van der Waals surface area contributed by atoms with Crippen LogP contribution in [0.15, 0.2) is 24.3 Å². The summed E-state index contributed by atoms with van der Waals surface area (Å²) in [6.45, 7) is 2.37. The largest absolute Gasteiger partial charge is 0.352 e. The second kappa shape index (κ2) is 9.54. The minimum absolute atomic E-state index is 0.133. The van der Waals surface area contributed by atoms with E-state index in [1.54, 1.807) is 12.1 Å². The van der Waals surface area contributed by atoms with Crippen LogP contribution in [0.5, 0.6) is 0 Å². The van der Waals surface area contributed by atoms with Gasteiger partial charge in [0.25, 0.3) is 5.91 Å². The minimum Gasteiger partial charge on any atom is -0.352 e. The summed E-state index contributed by atoms with van der Waals surface area (Å²) in [6.07, 6.45) is 1.15. The van der Waals surface area contributed by atoms with Gasteiger partial charge in [-0.1, -0.05) is 17.7 Å². The molecule has 4 nitrogen and oxygen atoms in total. The molecule has 2 N–H and O–H groups in total. The summed E-state index contributed by atoms with van der Waals surface area (Å²) in [7, 11) is 3.75. The zero-order chi connectivity index (χ0) is 13.1. The molecule has 4 heteroatoms. The van der Waals surface area contributed by atoms with Gasteiger partial charge in [0.2, 0.25) is 0 Å². The van der Waals surface area contributed by atoms with Crippen LogP contribution in [0.3, 0.4) is 0 Å². The van der Waals surface area contributed by atoms with Crippen LogP contribution in [0.25, 0.3) is 0 Å². The third-order valence-electron chi connectivity index (χ3n) is 1.86. The Kier molecular flexibility index (Phi) is 8.60. The molecule has 0 aromatic heterocycles. The third-order valence-corrected chi connectivity index (χ3v) is 1.86. The highest BCUT2D eigenvalue weighted by Crippen LogP contribution is 2.02. The third kappa shape index (κ3) is 7.25. The van der Waals surface area contributed by atoms with Gasteiger partial charge in [0, 0.05) is 18.5 Å². The van der Waals surface area contributed by atoms with Crippen molar-refractivity contribution in [1.82, 2.24) is 10.6 Å². The molecule has 0 aliphatic rings. The van der Waals surface area contributed by atoms with Gasteiger partial charge in [0.15, 0.2) is 0 Å². The Morgan fingerprint density at radius 2 is 1.76 bits per heavy atom. The van der Waals surface area contributed by atoms with Crippen molar-refractivity contribution in [1.29, 1.82) is 0 Å². The predicted octanol–water partition coefficient (Wildman–Crippen LogP) is 1.15. The van der Waals surface area contributed by atoms with E-state index in [0.29, 0.717) is 18.5 Å². The summed E-state index contributed by atoms with van der Waals surface area (Å²) in [5, 5.41) is 5.40. The molecule has 0 radical (unpaired) electrons. The summed E-state index contributed by atoms with van der Waals surface area (Å²) in [6, 6.07) is 7.31. The van der Waals surface area contributed by atoms with Crippen LogP contribution in [0.2, 0.25) is 0 Å².